The minimum atomic E-state index is 0.356. The molecule has 16 heavy (non-hydrogen) atoms. The highest BCUT2D eigenvalue weighted by atomic mass is 14.7. The molecular formula is C15H13N. The molecule has 1 aromatic rings. The third kappa shape index (κ3) is 1.65. The van der Waals surface area contributed by atoms with Crippen LogP contribution in [0.3, 0.4) is 0 Å². The van der Waals surface area contributed by atoms with Gasteiger partial charge in [-0.05, 0) is 12.1 Å². The lowest BCUT2D eigenvalue weighted by Gasteiger charge is -2.09. The van der Waals surface area contributed by atoms with E-state index in [0.29, 0.717) is 11.8 Å². The van der Waals surface area contributed by atoms with Crippen molar-refractivity contribution in [1.82, 2.24) is 4.98 Å². The molecule has 1 nitrogen and oxygen atoms in total. The van der Waals surface area contributed by atoms with Crippen molar-refractivity contribution in [2.24, 2.45) is 0 Å². The monoisotopic (exact) mass is 207 g/mol. The van der Waals surface area contributed by atoms with Crippen molar-refractivity contribution in [3.05, 3.63) is 78.2 Å². The smallest absolute Gasteiger partial charge is 0.0514 e. The minimum absolute atomic E-state index is 0.356. The molecule has 0 aromatic carbocycles. The third-order valence-electron chi connectivity index (χ3n) is 2.97. The van der Waals surface area contributed by atoms with Crippen molar-refractivity contribution in [1.29, 1.82) is 0 Å². The summed E-state index contributed by atoms with van der Waals surface area (Å²) in [5, 5.41) is 0. The molecule has 0 saturated carbocycles. The Bertz CT molecular complexity index is 439. The first-order valence-corrected chi connectivity index (χ1v) is 5.60. The van der Waals surface area contributed by atoms with E-state index in [0.717, 1.165) is 11.4 Å². The van der Waals surface area contributed by atoms with E-state index in [9.17, 15) is 0 Å². The van der Waals surface area contributed by atoms with Gasteiger partial charge in [0.25, 0.3) is 0 Å². The topological polar surface area (TPSA) is 12.9 Å². The third-order valence-corrected chi connectivity index (χ3v) is 2.97. The molecular weight excluding hydrogens is 194 g/mol. The van der Waals surface area contributed by atoms with E-state index in [4.69, 9.17) is 4.98 Å². The van der Waals surface area contributed by atoms with Crippen molar-refractivity contribution in [3.8, 4) is 0 Å². The predicted molar refractivity (Wildman–Crippen MR) is 66.3 cm³/mol. The molecule has 1 heterocycles. The zero-order valence-electron chi connectivity index (χ0n) is 8.95. The normalized spacial score (nSPS) is 19.0. The summed E-state index contributed by atoms with van der Waals surface area (Å²) in [6.45, 7) is 0. The van der Waals surface area contributed by atoms with Crippen LogP contribution >= 0.6 is 0 Å². The molecule has 1 heteroatoms. The first-order chi connectivity index (χ1) is 7.93. The highest BCUT2D eigenvalue weighted by Gasteiger charge is 2.12. The van der Waals surface area contributed by atoms with Gasteiger partial charge in [-0.2, -0.15) is 0 Å². The molecule has 0 radical (unpaired) electrons. The van der Waals surface area contributed by atoms with Crippen molar-refractivity contribution in [2.75, 3.05) is 0 Å². The standard InChI is InChI=1S/C15H13N/c1-2-7-12(6-1)14-10-5-11-15(16-14)13-8-3-4-9-13/h1-13H. The highest BCUT2D eigenvalue weighted by molar-refractivity contribution is 5.35. The average molecular weight is 207 g/mol. The summed E-state index contributed by atoms with van der Waals surface area (Å²) in [6.07, 6.45) is 17.0. The quantitative estimate of drug-likeness (QED) is 0.723. The van der Waals surface area contributed by atoms with E-state index in [-0.39, 0.29) is 0 Å². The Hall–Kier alpha value is -1.89. The van der Waals surface area contributed by atoms with Crippen LogP contribution in [0, 0.1) is 0 Å². The lowest BCUT2D eigenvalue weighted by molar-refractivity contribution is 0.925. The molecule has 78 valence electrons. The molecule has 0 N–H and O–H groups in total. The molecule has 2 aliphatic carbocycles. The molecule has 0 unspecified atom stereocenters. The molecule has 0 atom stereocenters. The number of rotatable bonds is 2. The highest BCUT2D eigenvalue weighted by Crippen LogP contribution is 2.25. The molecule has 0 fully saturated rings. The van der Waals surface area contributed by atoms with Gasteiger partial charge in [0.1, 0.15) is 0 Å². The Morgan fingerprint density at radius 2 is 1.12 bits per heavy atom. The van der Waals surface area contributed by atoms with Crippen LogP contribution < -0.4 is 0 Å². The second-order valence-corrected chi connectivity index (χ2v) is 4.08. The fourth-order valence-electron chi connectivity index (χ4n) is 2.10. The van der Waals surface area contributed by atoms with Crippen LogP contribution in [-0.4, -0.2) is 4.98 Å². The molecule has 2 aliphatic rings. The first-order valence-electron chi connectivity index (χ1n) is 5.60. The van der Waals surface area contributed by atoms with Crippen molar-refractivity contribution < 1.29 is 0 Å². The second-order valence-electron chi connectivity index (χ2n) is 4.08. The van der Waals surface area contributed by atoms with Crippen LogP contribution in [0.5, 0.6) is 0 Å². The summed E-state index contributed by atoms with van der Waals surface area (Å²) in [5.41, 5.74) is 2.27. The Balaban J connectivity index is 1.93. The van der Waals surface area contributed by atoms with Gasteiger partial charge >= 0.3 is 0 Å². The van der Waals surface area contributed by atoms with Crippen molar-refractivity contribution in [2.45, 2.75) is 11.8 Å². The summed E-state index contributed by atoms with van der Waals surface area (Å²) >= 11 is 0. The van der Waals surface area contributed by atoms with Crippen LogP contribution in [0.4, 0.5) is 0 Å². The maximum Gasteiger partial charge on any atom is 0.0514 e. The van der Waals surface area contributed by atoms with E-state index < -0.39 is 0 Å². The maximum atomic E-state index is 4.73. The summed E-state index contributed by atoms with van der Waals surface area (Å²) in [5.74, 6) is 0.712. The van der Waals surface area contributed by atoms with Gasteiger partial charge in [-0.3, -0.25) is 4.98 Å². The van der Waals surface area contributed by atoms with Crippen LogP contribution in [0.2, 0.25) is 0 Å². The molecule has 0 bridgehead atoms. The Morgan fingerprint density at radius 3 is 1.56 bits per heavy atom. The zero-order valence-corrected chi connectivity index (χ0v) is 8.95. The number of allylic oxidation sites excluding steroid dienone is 8. The van der Waals surface area contributed by atoms with Crippen LogP contribution in [0.1, 0.15) is 23.2 Å². The summed E-state index contributed by atoms with van der Waals surface area (Å²) in [6, 6.07) is 6.28. The van der Waals surface area contributed by atoms with Gasteiger partial charge < -0.3 is 0 Å². The van der Waals surface area contributed by atoms with Gasteiger partial charge in [0.2, 0.25) is 0 Å². The lowest BCUT2D eigenvalue weighted by atomic mass is 10.0. The van der Waals surface area contributed by atoms with E-state index >= 15 is 0 Å². The second kappa shape index (κ2) is 3.93. The van der Waals surface area contributed by atoms with Gasteiger partial charge in [-0.25, -0.2) is 0 Å². The van der Waals surface area contributed by atoms with Crippen molar-refractivity contribution >= 4 is 0 Å². The zero-order chi connectivity index (χ0) is 10.8. The Kier molecular flexibility index (Phi) is 2.30. The number of hydrogen-bond acceptors (Lipinski definition) is 1. The molecule has 0 aliphatic heterocycles. The summed E-state index contributed by atoms with van der Waals surface area (Å²) in [4.78, 5) is 4.73. The fraction of sp³-hybridized carbons (Fsp3) is 0.133. The average Bonchev–Trinajstić information content (AvgIpc) is 3.03. The van der Waals surface area contributed by atoms with Gasteiger partial charge in [0.15, 0.2) is 0 Å². The fourth-order valence-corrected chi connectivity index (χ4v) is 2.10. The minimum Gasteiger partial charge on any atom is -0.256 e. The maximum absolute atomic E-state index is 4.73. The van der Waals surface area contributed by atoms with Gasteiger partial charge in [-0.1, -0.05) is 54.7 Å². The molecule has 0 saturated heterocycles. The van der Waals surface area contributed by atoms with E-state index in [2.05, 4.69) is 66.8 Å². The molecule has 3 rings (SSSR count). The number of aromatic nitrogens is 1. The van der Waals surface area contributed by atoms with Crippen LogP contribution in [0.25, 0.3) is 0 Å². The van der Waals surface area contributed by atoms with E-state index in [1.54, 1.807) is 0 Å². The molecule has 0 spiro atoms. The Labute approximate surface area is 95.5 Å². The van der Waals surface area contributed by atoms with Gasteiger partial charge in [0.05, 0.1) is 11.4 Å². The summed E-state index contributed by atoms with van der Waals surface area (Å²) in [7, 11) is 0. The van der Waals surface area contributed by atoms with Gasteiger partial charge in [-0.15, -0.1) is 0 Å². The van der Waals surface area contributed by atoms with Crippen molar-refractivity contribution in [3.63, 3.8) is 0 Å². The largest absolute Gasteiger partial charge is 0.256 e. The van der Waals surface area contributed by atoms with Crippen LogP contribution in [0.15, 0.2) is 66.8 Å². The lowest BCUT2D eigenvalue weighted by Crippen LogP contribution is -1.99. The number of pyridine rings is 1. The first kappa shape index (κ1) is 9.34. The number of nitrogens with zero attached hydrogens (tertiary/aromatic N) is 1. The molecule has 0 amide bonds. The SMILES string of the molecule is C1=CC(c2cccc(C3C=CC=C3)n2)C=C1. The predicted octanol–water partition coefficient (Wildman–Crippen LogP) is 3.50. The van der Waals surface area contributed by atoms with Gasteiger partial charge in [0, 0.05) is 11.8 Å². The Morgan fingerprint density at radius 1 is 0.688 bits per heavy atom. The van der Waals surface area contributed by atoms with E-state index in [1.807, 2.05) is 0 Å². The summed E-state index contributed by atoms with van der Waals surface area (Å²) < 4.78 is 0. The molecule has 1 aromatic heterocycles. The number of hydrogen-bond donors (Lipinski definition) is 0. The van der Waals surface area contributed by atoms with Crippen LogP contribution in [-0.2, 0) is 0 Å². The van der Waals surface area contributed by atoms with E-state index in [1.165, 1.54) is 0 Å².